The molecule has 0 spiro atoms. The number of rotatable bonds is 9. The Morgan fingerprint density at radius 3 is 2.81 bits per heavy atom. The van der Waals surface area contributed by atoms with Crippen LogP contribution in [-0.2, 0) is 13.0 Å². The molecule has 2 aromatic rings. The molecule has 1 N–H and O–H groups in total. The molecule has 2 aromatic carbocycles. The number of halogens is 1. The largest absolute Gasteiger partial charge is 0.490 e. The number of terminal acetylenes is 1. The van der Waals surface area contributed by atoms with Gasteiger partial charge in [0.1, 0.15) is 6.61 Å². The van der Waals surface area contributed by atoms with E-state index in [-0.39, 0.29) is 6.61 Å². The summed E-state index contributed by atoms with van der Waals surface area (Å²) in [6.45, 7) is 9.15. The first kappa shape index (κ1) is 19.8. The summed E-state index contributed by atoms with van der Waals surface area (Å²) in [6, 6.07) is 9.90. The Kier molecular flexibility index (Phi) is 7.44. The third kappa shape index (κ3) is 4.97. The van der Waals surface area contributed by atoms with Gasteiger partial charge in [-0.1, -0.05) is 29.7 Å². The molecule has 0 aliphatic rings. The summed E-state index contributed by atoms with van der Waals surface area (Å²) in [6.07, 6.45) is 7.85. The van der Waals surface area contributed by atoms with Crippen molar-refractivity contribution < 1.29 is 9.47 Å². The summed E-state index contributed by atoms with van der Waals surface area (Å²) < 4.78 is 11.5. The van der Waals surface area contributed by atoms with E-state index in [9.17, 15) is 0 Å². The van der Waals surface area contributed by atoms with Gasteiger partial charge in [0.25, 0.3) is 0 Å². The van der Waals surface area contributed by atoms with Crippen molar-refractivity contribution in [2.75, 3.05) is 18.5 Å². The van der Waals surface area contributed by atoms with E-state index in [0.717, 1.165) is 27.4 Å². The number of benzene rings is 2. The fourth-order valence-electron chi connectivity index (χ4n) is 2.67. The fraction of sp³-hybridized carbons (Fsp3) is 0.273. The summed E-state index contributed by atoms with van der Waals surface area (Å²) in [4.78, 5) is 0. The Hall–Kier alpha value is -2.57. The van der Waals surface area contributed by atoms with Crippen LogP contribution in [0.1, 0.15) is 23.6 Å². The van der Waals surface area contributed by atoms with Gasteiger partial charge in [-0.2, -0.15) is 0 Å². The molecule has 0 bridgehead atoms. The zero-order chi connectivity index (χ0) is 18.9. The smallest absolute Gasteiger partial charge is 0.166 e. The number of nitrogens with one attached hydrogen (secondary N) is 1. The Balaban J connectivity index is 2.31. The molecule has 0 heterocycles. The van der Waals surface area contributed by atoms with Crippen molar-refractivity contribution in [3.8, 4) is 23.8 Å². The molecule has 0 fully saturated rings. The number of hydrogen-bond donors (Lipinski definition) is 1. The van der Waals surface area contributed by atoms with Crippen molar-refractivity contribution in [3.63, 3.8) is 0 Å². The van der Waals surface area contributed by atoms with Crippen LogP contribution < -0.4 is 14.8 Å². The van der Waals surface area contributed by atoms with Crippen LogP contribution in [0.4, 0.5) is 5.69 Å². The second kappa shape index (κ2) is 9.79. The quantitative estimate of drug-likeness (QED) is 0.474. The Labute approximate surface area is 161 Å². The summed E-state index contributed by atoms with van der Waals surface area (Å²) in [7, 11) is 0. The maximum Gasteiger partial charge on any atom is 0.166 e. The highest BCUT2D eigenvalue weighted by Crippen LogP contribution is 2.34. The highest BCUT2D eigenvalue weighted by atomic mass is 35.5. The summed E-state index contributed by atoms with van der Waals surface area (Å²) in [5.74, 6) is 3.88. The monoisotopic (exact) mass is 369 g/mol. The molecule has 2 rings (SSSR count). The third-order valence-corrected chi connectivity index (χ3v) is 4.32. The molecule has 0 atom stereocenters. The number of anilines is 1. The van der Waals surface area contributed by atoms with Crippen LogP contribution in [0.2, 0.25) is 5.02 Å². The maximum absolute atomic E-state index is 6.19. The second-order valence-electron chi connectivity index (χ2n) is 5.77. The predicted octanol–water partition coefficient (Wildman–Crippen LogP) is 5.40. The molecule has 0 saturated heterocycles. The van der Waals surface area contributed by atoms with Gasteiger partial charge in [-0.3, -0.25) is 0 Å². The normalized spacial score (nSPS) is 10.1. The molecule has 0 aliphatic carbocycles. The minimum atomic E-state index is 0.198. The topological polar surface area (TPSA) is 30.5 Å². The van der Waals surface area contributed by atoms with Crippen LogP contribution in [0.15, 0.2) is 43.0 Å². The summed E-state index contributed by atoms with van der Waals surface area (Å²) in [5.41, 5.74) is 4.12. The summed E-state index contributed by atoms with van der Waals surface area (Å²) in [5, 5.41) is 4.18. The molecule has 136 valence electrons. The van der Waals surface area contributed by atoms with Crippen LogP contribution in [0, 0.1) is 19.3 Å². The van der Waals surface area contributed by atoms with E-state index in [1.807, 2.05) is 44.2 Å². The lowest BCUT2D eigenvalue weighted by atomic mass is 10.0. The molecule has 0 amide bonds. The average Bonchev–Trinajstić information content (AvgIpc) is 2.63. The van der Waals surface area contributed by atoms with Gasteiger partial charge in [0.05, 0.1) is 6.61 Å². The molecule has 0 aliphatic heterocycles. The minimum Gasteiger partial charge on any atom is -0.490 e. The molecular formula is C22H24ClNO2. The Morgan fingerprint density at radius 1 is 1.31 bits per heavy atom. The maximum atomic E-state index is 6.19. The average molecular weight is 370 g/mol. The van der Waals surface area contributed by atoms with Gasteiger partial charge in [-0.25, -0.2) is 0 Å². The zero-order valence-corrected chi connectivity index (χ0v) is 16.0. The van der Waals surface area contributed by atoms with Crippen molar-refractivity contribution in [1.82, 2.24) is 0 Å². The van der Waals surface area contributed by atoms with Gasteiger partial charge in [-0.05, 0) is 55.7 Å². The lowest BCUT2D eigenvalue weighted by Crippen LogP contribution is -2.06. The van der Waals surface area contributed by atoms with Crippen molar-refractivity contribution in [3.05, 3.63) is 64.7 Å². The van der Waals surface area contributed by atoms with E-state index in [2.05, 4.69) is 23.9 Å². The molecule has 26 heavy (non-hydrogen) atoms. The third-order valence-electron chi connectivity index (χ3n) is 3.91. The minimum absolute atomic E-state index is 0.198. The van der Waals surface area contributed by atoms with Gasteiger partial charge in [0, 0.05) is 22.8 Å². The van der Waals surface area contributed by atoms with E-state index in [0.29, 0.717) is 31.1 Å². The van der Waals surface area contributed by atoms with E-state index in [4.69, 9.17) is 27.5 Å². The molecule has 3 nitrogen and oxygen atoms in total. The predicted molar refractivity (Wildman–Crippen MR) is 109 cm³/mol. The lowest BCUT2D eigenvalue weighted by Gasteiger charge is -2.17. The highest BCUT2D eigenvalue weighted by Gasteiger charge is 2.13. The molecular weight excluding hydrogens is 346 g/mol. The van der Waals surface area contributed by atoms with Crippen LogP contribution in [0.25, 0.3) is 0 Å². The van der Waals surface area contributed by atoms with Crippen molar-refractivity contribution in [2.24, 2.45) is 0 Å². The van der Waals surface area contributed by atoms with Gasteiger partial charge in [0.15, 0.2) is 11.5 Å². The van der Waals surface area contributed by atoms with E-state index >= 15 is 0 Å². The van der Waals surface area contributed by atoms with Crippen molar-refractivity contribution in [2.45, 2.75) is 26.8 Å². The Morgan fingerprint density at radius 2 is 2.12 bits per heavy atom. The number of allylic oxidation sites excluding steroid dienone is 1. The zero-order valence-electron chi connectivity index (χ0n) is 15.3. The van der Waals surface area contributed by atoms with Crippen LogP contribution >= 0.6 is 11.6 Å². The first-order valence-corrected chi connectivity index (χ1v) is 8.93. The standard InChI is InChI=1S/C22H24ClNO2/c1-5-9-18-13-17(14-21(25-7-3)22(18)26-12-6-2)15-24-20-11-8-10-19(23)16(20)4/h2,5,8,10-11,13-14,24H,1,7,9,12,15H2,3-4H3. The van der Waals surface area contributed by atoms with E-state index in [1.54, 1.807) is 0 Å². The SMILES string of the molecule is C#CCOc1c(CC=C)cc(CNc2cccc(Cl)c2C)cc1OCC. The van der Waals surface area contributed by atoms with Gasteiger partial charge in [-0.15, -0.1) is 13.0 Å². The van der Waals surface area contributed by atoms with Crippen molar-refractivity contribution >= 4 is 17.3 Å². The fourth-order valence-corrected chi connectivity index (χ4v) is 2.84. The van der Waals surface area contributed by atoms with Crippen molar-refractivity contribution in [1.29, 1.82) is 0 Å². The van der Waals surface area contributed by atoms with Gasteiger partial charge in [0.2, 0.25) is 0 Å². The molecule has 0 radical (unpaired) electrons. The van der Waals surface area contributed by atoms with E-state index < -0.39 is 0 Å². The molecule has 0 aromatic heterocycles. The lowest BCUT2D eigenvalue weighted by molar-refractivity contribution is 0.297. The van der Waals surface area contributed by atoms with E-state index in [1.165, 1.54) is 0 Å². The molecule has 0 unspecified atom stereocenters. The first-order chi connectivity index (χ1) is 12.6. The highest BCUT2D eigenvalue weighted by molar-refractivity contribution is 6.31. The summed E-state index contributed by atoms with van der Waals surface area (Å²) >= 11 is 6.19. The second-order valence-corrected chi connectivity index (χ2v) is 6.17. The van der Waals surface area contributed by atoms with Crippen LogP contribution in [0.5, 0.6) is 11.5 Å². The number of ether oxygens (including phenoxy) is 2. The van der Waals surface area contributed by atoms with Gasteiger partial charge < -0.3 is 14.8 Å². The van der Waals surface area contributed by atoms with Crippen LogP contribution in [0.3, 0.4) is 0 Å². The van der Waals surface area contributed by atoms with Gasteiger partial charge >= 0.3 is 0 Å². The Bertz CT molecular complexity index is 809. The van der Waals surface area contributed by atoms with Crippen LogP contribution in [-0.4, -0.2) is 13.2 Å². The molecule has 0 saturated carbocycles. The number of hydrogen-bond acceptors (Lipinski definition) is 3. The molecule has 4 heteroatoms. The first-order valence-electron chi connectivity index (χ1n) is 8.55.